The van der Waals surface area contributed by atoms with Crippen LogP contribution in [0.5, 0.6) is 0 Å². The zero-order valence-electron chi connectivity index (χ0n) is 11.3. The Kier molecular flexibility index (Phi) is 4.73. The molecule has 2 fully saturated rings. The lowest BCUT2D eigenvalue weighted by Gasteiger charge is -2.38. The average Bonchev–Trinajstić information content (AvgIpc) is 2.39. The molecule has 3 atom stereocenters. The zero-order valence-corrected chi connectivity index (χ0v) is 12.1. The van der Waals surface area contributed by atoms with Crippen LogP contribution >= 0.6 is 11.8 Å². The normalized spacial score (nSPS) is 35.6. The van der Waals surface area contributed by atoms with Gasteiger partial charge in [0.2, 0.25) is 5.91 Å². The summed E-state index contributed by atoms with van der Waals surface area (Å²) in [5, 5.41) is 15.5. The molecule has 1 amide bonds. The molecule has 5 nitrogen and oxygen atoms in total. The maximum atomic E-state index is 12.2. The van der Waals surface area contributed by atoms with Crippen LogP contribution in [0.4, 0.5) is 0 Å². The predicted molar refractivity (Wildman–Crippen MR) is 75.3 cm³/mol. The second kappa shape index (κ2) is 6.13. The lowest BCUT2D eigenvalue weighted by Crippen LogP contribution is -2.61. The Morgan fingerprint density at radius 1 is 1.47 bits per heavy atom. The predicted octanol–water partition coefficient (Wildman–Crippen LogP) is 0.841. The average molecular weight is 286 g/mol. The first-order chi connectivity index (χ1) is 9.03. The van der Waals surface area contributed by atoms with Crippen molar-refractivity contribution in [3.8, 4) is 0 Å². The number of carbonyl (C=O) groups excluding carboxylic acids is 1. The zero-order chi connectivity index (χ0) is 13.9. The second-order valence-electron chi connectivity index (χ2n) is 5.66. The monoisotopic (exact) mass is 286 g/mol. The number of rotatable bonds is 3. The fourth-order valence-corrected chi connectivity index (χ4v) is 3.90. The van der Waals surface area contributed by atoms with Crippen molar-refractivity contribution in [2.24, 2.45) is 5.92 Å². The quantitative estimate of drug-likeness (QED) is 0.716. The van der Waals surface area contributed by atoms with Crippen LogP contribution in [0.3, 0.4) is 0 Å². The van der Waals surface area contributed by atoms with Crippen molar-refractivity contribution in [1.82, 2.24) is 10.6 Å². The fraction of sp³-hybridized carbons (Fsp3) is 0.846. The van der Waals surface area contributed by atoms with Gasteiger partial charge in [0.05, 0.1) is 6.04 Å². The molecule has 1 saturated carbocycles. The third kappa shape index (κ3) is 3.42. The number of thioether (sulfide) groups is 1. The van der Waals surface area contributed by atoms with Gasteiger partial charge in [-0.2, -0.15) is 11.8 Å². The van der Waals surface area contributed by atoms with E-state index in [1.54, 1.807) is 11.8 Å². The number of hydrogen-bond donors (Lipinski definition) is 3. The molecule has 0 spiro atoms. The van der Waals surface area contributed by atoms with E-state index in [-0.39, 0.29) is 11.9 Å². The smallest absolute Gasteiger partial charge is 0.329 e. The number of hydrogen-bond acceptors (Lipinski definition) is 4. The molecule has 19 heavy (non-hydrogen) atoms. The Bertz CT molecular complexity index is 358. The summed E-state index contributed by atoms with van der Waals surface area (Å²) in [5.74, 6) is 1.01. The van der Waals surface area contributed by atoms with Crippen molar-refractivity contribution in [3.63, 3.8) is 0 Å². The van der Waals surface area contributed by atoms with Crippen LogP contribution in [0.15, 0.2) is 0 Å². The molecule has 1 aliphatic carbocycles. The molecule has 0 aromatic heterocycles. The topological polar surface area (TPSA) is 78.4 Å². The first-order valence-corrected chi connectivity index (χ1v) is 8.05. The van der Waals surface area contributed by atoms with Crippen LogP contribution in [0.25, 0.3) is 0 Å². The number of carbonyl (C=O) groups is 2. The van der Waals surface area contributed by atoms with Crippen LogP contribution in [0, 0.1) is 5.92 Å². The number of amides is 1. The fourth-order valence-electron chi connectivity index (χ4n) is 2.97. The van der Waals surface area contributed by atoms with Gasteiger partial charge in [0.1, 0.15) is 5.54 Å². The minimum absolute atomic E-state index is 0.163. The molecule has 108 valence electrons. The van der Waals surface area contributed by atoms with E-state index in [9.17, 15) is 14.7 Å². The Hall–Kier alpha value is -0.750. The Morgan fingerprint density at radius 2 is 2.26 bits per heavy atom. The summed E-state index contributed by atoms with van der Waals surface area (Å²) in [6.45, 7) is 2.86. The molecule has 0 bridgehead atoms. The van der Waals surface area contributed by atoms with Gasteiger partial charge in [-0.25, -0.2) is 4.79 Å². The number of carboxylic acid groups (broad SMARTS) is 1. The first-order valence-electron chi connectivity index (χ1n) is 6.90. The summed E-state index contributed by atoms with van der Waals surface area (Å²) in [7, 11) is 0. The van der Waals surface area contributed by atoms with E-state index in [2.05, 4.69) is 17.6 Å². The highest BCUT2D eigenvalue weighted by molar-refractivity contribution is 7.99. The molecular formula is C13H22N2O3S. The molecule has 1 heterocycles. The maximum absolute atomic E-state index is 12.2. The van der Waals surface area contributed by atoms with Gasteiger partial charge in [0.25, 0.3) is 0 Å². The third-order valence-electron chi connectivity index (χ3n) is 4.01. The number of carboxylic acids is 1. The van der Waals surface area contributed by atoms with Crippen molar-refractivity contribution in [1.29, 1.82) is 0 Å². The molecule has 2 rings (SSSR count). The van der Waals surface area contributed by atoms with Gasteiger partial charge in [0.15, 0.2) is 0 Å². The van der Waals surface area contributed by atoms with E-state index in [0.717, 1.165) is 30.9 Å². The minimum atomic E-state index is -1.06. The lowest BCUT2D eigenvalue weighted by atomic mass is 9.76. The largest absolute Gasteiger partial charge is 0.480 e. The molecule has 3 N–H and O–H groups in total. The lowest BCUT2D eigenvalue weighted by molar-refractivity contribution is -0.150. The SMILES string of the molecule is CC1CCCC(NC(=O)C2CSCCN2)(C(=O)O)C1. The molecule has 0 aromatic carbocycles. The van der Waals surface area contributed by atoms with Crippen molar-refractivity contribution >= 4 is 23.6 Å². The van der Waals surface area contributed by atoms with Gasteiger partial charge in [-0.05, 0) is 18.8 Å². The standard InChI is InChI=1S/C13H22N2O3S/c1-9-3-2-4-13(7-9,12(17)18)15-11(16)10-8-19-6-5-14-10/h9-10,14H,2-8H2,1H3,(H,15,16)(H,17,18). The van der Waals surface area contributed by atoms with Crippen LogP contribution < -0.4 is 10.6 Å². The minimum Gasteiger partial charge on any atom is -0.480 e. The highest BCUT2D eigenvalue weighted by Crippen LogP contribution is 2.32. The molecule has 0 aromatic rings. The molecule has 0 radical (unpaired) electrons. The second-order valence-corrected chi connectivity index (χ2v) is 6.81. The molecule has 2 aliphatic rings. The Balaban J connectivity index is 2.03. The van der Waals surface area contributed by atoms with Gasteiger partial charge in [-0.3, -0.25) is 4.79 Å². The highest BCUT2D eigenvalue weighted by atomic mass is 32.2. The molecule has 1 aliphatic heterocycles. The van der Waals surface area contributed by atoms with Gasteiger partial charge in [-0.1, -0.05) is 19.8 Å². The molecule has 1 saturated heterocycles. The van der Waals surface area contributed by atoms with E-state index < -0.39 is 11.5 Å². The molecule has 6 heteroatoms. The van der Waals surface area contributed by atoms with E-state index in [1.165, 1.54) is 0 Å². The summed E-state index contributed by atoms with van der Waals surface area (Å²) < 4.78 is 0. The van der Waals surface area contributed by atoms with Crippen LogP contribution in [0.2, 0.25) is 0 Å². The van der Waals surface area contributed by atoms with Gasteiger partial charge >= 0.3 is 5.97 Å². The van der Waals surface area contributed by atoms with Crippen LogP contribution in [-0.2, 0) is 9.59 Å². The van der Waals surface area contributed by atoms with Crippen molar-refractivity contribution < 1.29 is 14.7 Å². The van der Waals surface area contributed by atoms with Crippen molar-refractivity contribution in [2.75, 3.05) is 18.1 Å². The van der Waals surface area contributed by atoms with E-state index in [1.807, 2.05) is 0 Å². The van der Waals surface area contributed by atoms with E-state index in [0.29, 0.717) is 18.8 Å². The molecule has 3 unspecified atom stereocenters. The third-order valence-corrected chi connectivity index (χ3v) is 5.07. The van der Waals surface area contributed by atoms with Gasteiger partial charge < -0.3 is 15.7 Å². The Labute approximate surface area is 117 Å². The first kappa shape index (κ1) is 14.7. The van der Waals surface area contributed by atoms with E-state index in [4.69, 9.17) is 0 Å². The van der Waals surface area contributed by atoms with Gasteiger partial charge in [-0.15, -0.1) is 0 Å². The summed E-state index contributed by atoms with van der Waals surface area (Å²) in [6.07, 6.45) is 2.98. The van der Waals surface area contributed by atoms with Crippen molar-refractivity contribution in [2.45, 2.75) is 44.2 Å². The summed E-state index contributed by atoms with van der Waals surface area (Å²) in [5.41, 5.74) is -1.06. The summed E-state index contributed by atoms with van der Waals surface area (Å²) in [6, 6.07) is -0.257. The summed E-state index contributed by atoms with van der Waals surface area (Å²) >= 11 is 1.73. The highest BCUT2D eigenvalue weighted by Gasteiger charge is 2.44. The summed E-state index contributed by atoms with van der Waals surface area (Å²) in [4.78, 5) is 23.8. The maximum Gasteiger partial charge on any atom is 0.329 e. The van der Waals surface area contributed by atoms with Crippen molar-refractivity contribution in [3.05, 3.63) is 0 Å². The van der Waals surface area contributed by atoms with E-state index >= 15 is 0 Å². The molecular weight excluding hydrogens is 264 g/mol. The Morgan fingerprint density at radius 3 is 2.84 bits per heavy atom. The van der Waals surface area contributed by atoms with Crippen LogP contribution in [-0.4, -0.2) is 46.6 Å². The van der Waals surface area contributed by atoms with Gasteiger partial charge in [0, 0.05) is 18.1 Å². The number of nitrogens with one attached hydrogen (secondary N) is 2. The number of aliphatic carboxylic acids is 1. The van der Waals surface area contributed by atoms with Crippen LogP contribution in [0.1, 0.15) is 32.6 Å².